The Bertz CT molecular complexity index is 2210. The second kappa shape index (κ2) is 11.3. The van der Waals surface area contributed by atoms with Gasteiger partial charge in [-0.25, -0.2) is 0 Å². The van der Waals surface area contributed by atoms with Gasteiger partial charge in [-0.3, -0.25) is 4.98 Å². The maximum atomic E-state index is 6.34. The normalized spacial score (nSPS) is 11.1. The molecule has 0 bridgehead atoms. The SMILES string of the molecule is [Pt+2].[c-]1c(Oc2[c-]c3c(cc2)c2ccccc2n2c(-c4ccccc4)c(-c4ccccc4)nc32)cccc1-c1ccccn1. The van der Waals surface area contributed by atoms with E-state index < -0.39 is 0 Å². The van der Waals surface area contributed by atoms with Gasteiger partial charge < -0.3 is 14.1 Å². The first kappa shape index (κ1) is 26.8. The number of aromatic nitrogens is 3. The quantitative estimate of drug-likeness (QED) is 0.131. The summed E-state index contributed by atoms with van der Waals surface area (Å²) >= 11 is 0. The minimum Gasteiger partial charge on any atom is -0.497 e. The third-order valence-electron chi connectivity index (χ3n) is 7.48. The Kier molecular flexibility index (Phi) is 7.06. The van der Waals surface area contributed by atoms with Crippen molar-refractivity contribution in [2.24, 2.45) is 0 Å². The molecular formula is C38H23N3OPt. The van der Waals surface area contributed by atoms with Crippen LogP contribution in [0.4, 0.5) is 0 Å². The zero-order chi connectivity index (χ0) is 27.9. The van der Waals surface area contributed by atoms with E-state index in [1.807, 2.05) is 54.6 Å². The van der Waals surface area contributed by atoms with Gasteiger partial charge in [0, 0.05) is 28.8 Å². The van der Waals surface area contributed by atoms with Gasteiger partial charge in [-0.05, 0) is 28.8 Å². The van der Waals surface area contributed by atoms with Crippen LogP contribution in [-0.4, -0.2) is 14.4 Å². The van der Waals surface area contributed by atoms with Crippen molar-refractivity contribution >= 4 is 27.3 Å². The molecule has 4 nitrogen and oxygen atoms in total. The van der Waals surface area contributed by atoms with Gasteiger partial charge in [-0.1, -0.05) is 120 Å². The summed E-state index contributed by atoms with van der Waals surface area (Å²) in [5.74, 6) is 1.20. The molecule has 3 heterocycles. The van der Waals surface area contributed by atoms with Crippen molar-refractivity contribution in [3.63, 3.8) is 0 Å². The van der Waals surface area contributed by atoms with Crippen LogP contribution in [0.2, 0.25) is 0 Å². The fraction of sp³-hybridized carbons (Fsp3) is 0. The maximum Gasteiger partial charge on any atom is 2.00 e. The summed E-state index contributed by atoms with van der Waals surface area (Å²) in [7, 11) is 0. The van der Waals surface area contributed by atoms with E-state index in [1.165, 1.54) is 0 Å². The molecular weight excluding hydrogens is 710 g/mol. The van der Waals surface area contributed by atoms with Crippen molar-refractivity contribution in [2.45, 2.75) is 0 Å². The van der Waals surface area contributed by atoms with Crippen LogP contribution in [0.5, 0.6) is 11.5 Å². The van der Waals surface area contributed by atoms with Gasteiger partial charge >= 0.3 is 21.1 Å². The fourth-order valence-electron chi connectivity index (χ4n) is 5.61. The van der Waals surface area contributed by atoms with Gasteiger partial charge in [0.15, 0.2) is 0 Å². The van der Waals surface area contributed by atoms with Gasteiger partial charge in [-0.2, -0.15) is 0 Å². The van der Waals surface area contributed by atoms with Crippen molar-refractivity contribution in [3.05, 3.63) is 152 Å². The van der Waals surface area contributed by atoms with Gasteiger partial charge in [0.2, 0.25) is 0 Å². The summed E-state index contributed by atoms with van der Waals surface area (Å²) in [6.45, 7) is 0. The third kappa shape index (κ3) is 4.80. The van der Waals surface area contributed by atoms with Crippen LogP contribution in [-0.2, 0) is 21.1 Å². The predicted octanol–water partition coefficient (Wildman–Crippen LogP) is 9.43. The summed E-state index contributed by atoms with van der Waals surface area (Å²) in [6.07, 6.45) is 1.78. The van der Waals surface area contributed by atoms with Gasteiger partial charge in [0.05, 0.1) is 17.0 Å². The molecule has 3 aromatic heterocycles. The molecule has 0 radical (unpaired) electrons. The van der Waals surface area contributed by atoms with Gasteiger partial charge in [-0.15, -0.1) is 29.8 Å². The summed E-state index contributed by atoms with van der Waals surface area (Å²) in [6, 6.07) is 52.0. The van der Waals surface area contributed by atoms with Gasteiger partial charge in [0.25, 0.3) is 0 Å². The van der Waals surface area contributed by atoms with E-state index in [9.17, 15) is 0 Å². The van der Waals surface area contributed by atoms with E-state index in [-0.39, 0.29) is 21.1 Å². The Labute approximate surface area is 263 Å². The molecule has 0 aliphatic carbocycles. The van der Waals surface area contributed by atoms with E-state index in [4.69, 9.17) is 9.72 Å². The smallest absolute Gasteiger partial charge is 0.497 e. The van der Waals surface area contributed by atoms with Crippen LogP contribution in [0.15, 0.2) is 140 Å². The molecule has 0 atom stereocenters. The number of pyridine rings is 2. The standard InChI is InChI=1S/C38H23N3O.Pt/c1-3-12-26(13-4-1)36-37(27-14-5-2-6-15-27)41-35-20-8-7-18-32(35)31-22-21-30(25-33(31)38(41)40-36)42-29-17-11-16-28(24-29)34-19-9-10-23-39-34;/h1-23H;/q-2;+2. The van der Waals surface area contributed by atoms with Crippen molar-refractivity contribution in [1.29, 1.82) is 0 Å². The maximum absolute atomic E-state index is 6.34. The summed E-state index contributed by atoms with van der Waals surface area (Å²) in [5.41, 5.74) is 7.77. The Morgan fingerprint density at radius 3 is 2.09 bits per heavy atom. The zero-order valence-electron chi connectivity index (χ0n) is 22.8. The Hall–Kier alpha value is -5.05. The molecule has 0 amide bonds. The van der Waals surface area contributed by atoms with Crippen LogP contribution in [0, 0.1) is 12.1 Å². The number of fused-ring (bicyclic) bond motifs is 6. The van der Waals surface area contributed by atoms with Crippen molar-refractivity contribution in [1.82, 2.24) is 14.4 Å². The summed E-state index contributed by atoms with van der Waals surface area (Å²) < 4.78 is 8.61. The summed E-state index contributed by atoms with van der Waals surface area (Å²) in [4.78, 5) is 9.76. The predicted molar refractivity (Wildman–Crippen MR) is 168 cm³/mol. The fourth-order valence-corrected chi connectivity index (χ4v) is 5.61. The molecule has 0 saturated heterocycles. The number of para-hydroxylation sites is 1. The van der Waals surface area contributed by atoms with E-state index in [0.717, 1.165) is 61.1 Å². The molecule has 8 aromatic rings. The number of hydrogen-bond donors (Lipinski definition) is 0. The molecule has 0 aliphatic rings. The first-order chi connectivity index (χ1) is 20.8. The molecule has 5 aromatic carbocycles. The Morgan fingerprint density at radius 1 is 0.581 bits per heavy atom. The number of imidazole rings is 1. The molecule has 8 rings (SSSR count). The van der Waals surface area contributed by atoms with Crippen LogP contribution < -0.4 is 4.74 Å². The molecule has 206 valence electrons. The Balaban J connectivity index is 0.00000300. The first-order valence-electron chi connectivity index (χ1n) is 13.9. The van der Waals surface area contributed by atoms with E-state index >= 15 is 0 Å². The van der Waals surface area contributed by atoms with E-state index in [0.29, 0.717) is 11.5 Å². The van der Waals surface area contributed by atoms with Crippen LogP contribution in [0.1, 0.15) is 0 Å². The molecule has 0 fully saturated rings. The third-order valence-corrected chi connectivity index (χ3v) is 7.48. The zero-order valence-corrected chi connectivity index (χ0v) is 25.1. The topological polar surface area (TPSA) is 39.4 Å². The van der Waals surface area contributed by atoms with Crippen molar-refractivity contribution in [2.75, 3.05) is 0 Å². The van der Waals surface area contributed by atoms with Gasteiger partial charge in [0.1, 0.15) is 0 Å². The van der Waals surface area contributed by atoms with Crippen LogP contribution >= 0.6 is 0 Å². The molecule has 0 unspecified atom stereocenters. The van der Waals surface area contributed by atoms with Crippen LogP contribution in [0.3, 0.4) is 0 Å². The molecule has 5 heteroatoms. The second-order valence-corrected chi connectivity index (χ2v) is 10.1. The average Bonchev–Trinajstić information content (AvgIpc) is 3.48. The second-order valence-electron chi connectivity index (χ2n) is 10.1. The number of rotatable bonds is 5. The number of hydrogen-bond acceptors (Lipinski definition) is 3. The minimum atomic E-state index is 0. The molecule has 0 saturated carbocycles. The van der Waals surface area contributed by atoms with E-state index in [1.54, 1.807) is 6.20 Å². The Morgan fingerprint density at radius 2 is 1.30 bits per heavy atom. The minimum absolute atomic E-state index is 0. The first-order valence-corrected chi connectivity index (χ1v) is 13.9. The van der Waals surface area contributed by atoms with E-state index in [2.05, 4.69) is 100 Å². The van der Waals surface area contributed by atoms with Crippen molar-refractivity contribution < 1.29 is 25.8 Å². The monoisotopic (exact) mass is 732 g/mol. The number of nitrogens with zero attached hydrogens (tertiary/aromatic N) is 3. The summed E-state index contributed by atoms with van der Waals surface area (Å²) in [5, 5.41) is 3.09. The number of benzene rings is 5. The average molecular weight is 733 g/mol. The largest absolute Gasteiger partial charge is 2.00 e. The number of ether oxygens (including phenoxy) is 1. The molecule has 0 aliphatic heterocycles. The van der Waals surface area contributed by atoms with Crippen LogP contribution in [0.25, 0.3) is 61.1 Å². The van der Waals surface area contributed by atoms with Crippen molar-refractivity contribution in [3.8, 4) is 45.3 Å². The molecule has 43 heavy (non-hydrogen) atoms. The molecule has 0 N–H and O–H groups in total. The molecule has 0 spiro atoms.